The Morgan fingerprint density at radius 1 is 1.57 bits per heavy atom. The van der Waals surface area contributed by atoms with E-state index < -0.39 is 0 Å². The van der Waals surface area contributed by atoms with Gasteiger partial charge in [0.05, 0.1) is 5.75 Å². The lowest BCUT2D eigenvalue weighted by Gasteiger charge is -2.26. The molecule has 2 N–H and O–H groups in total. The van der Waals surface area contributed by atoms with Gasteiger partial charge in [-0.3, -0.25) is 4.79 Å². The average Bonchev–Trinajstić information content (AvgIpc) is 3.03. The van der Waals surface area contributed by atoms with Crippen LogP contribution in [0.25, 0.3) is 0 Å². The summed E-state index contributed by atoms with van der Waals surface area (Å²) in [5.74, 6) is 2.21. The lowest BCUT2D eigenvalue weighted by molar-refractivity contribution is 0.0913. The van der Waals surface area contributed by atoms with E-state index in [2.05, 4.69) is 15.6 Å². The maximum Gasteiger partial charge on any atom is 0.287 e. The fourth-order valence-electron chi connectivity index (χ4n) is 2.02. The van der Waals surface area contributed by atoms with Gasteiger partial charge in [-0.25, -0.2) is 4.98 Å². The molecule has 0 bridgehead atoms. The van der Waals surface area contributed by atoms with Crippen molar-refractivity contribution in [1.82, 2.24) is 20.2 Å². The molecule has 1 aliphatic heterocycles. The smallest absolute Gasteiger partial charge is 0.287 e. The van der Waals surface area contributed by atoms with Crippen molar-refractivity contribution in [2.45, 2.75) is 10.9 Å². The summed E-state index contributed by atoms with van der Waals surface area (Å²) in [5.41, 5.74) is 0. The molecule has 21 heavy (non-hydrogen) atoms. The highest BCUT2D eigenvalue weighted by molar-refractivity contribution is 7.98. The van der Waals surface area contributed by atoms with Crippen molar-refractivity contribution in [3.63, 3.8) is 0 Å². The van der Waals surface area contributed by atoms with Gasteiger partial charge in [-0.15, -0.1) is 0 Å². The minimum atomic E-state index is -0.143. The number of nitrogens with one attached hydrogen (secondary N) is 2. The molecule has 1 amide bonds. The topological polar surface area (TPSA) is 72.1 Å². The Morgan fingerprint density at radius 2 is 2.43 bits per heavy atom. The van der Waals surface area contributed by atoms with Crippen molar-refractivity contribution < 1.29 is 9.21 Å². The first-order valence-electron chi connectivity index (χ1n) is 6.90. The highest BCUT2D eigenvalue weighted by Crippen LogP contribution is 2.21. The standard InChI is InChI=1S/C14H18N4O2S/c1-18-5-4-16-14(18)21-9-11-2-3-12(20-11)13(19)17-8-10-6-15-7-10/h2-5,10,15H,6-9H2,1H3,(H,17,19). The number of carbonyl (C=O) groups is 1. The SMILES string of the molecule is Cn1ccnc1SCc1ccc(C(=O)NCC2CNC2)o1. The average molecular weight is 306 g/mol. The van der Waals surface area contributed by atoms with Crippen molar-refractivity contribution in [3.05, 3.63) is 36.0 Å². The Balaban J connectivity index is 1.50. The molecule has 1 saturated heterocycles. The van der Waals surface area contributed by atoms with Crippen LogP contribution in [0.1, 0.15) is 16.3 Å². The Morgan fingerprint density at radius 3 is 3.10 bits per heavy atom. The number of amides is 1. The number of carbonyl (C=O) groups excluding carboxylic acids is 1. The first-order valence-corrected chi connectivity index (χ1v) is 7.88. The third-order valence-corrected chi connectivity index (χ3v) is 4.50. The zero-order chi connectivity index (χ0) is 14.7. The molecule has 0 aliphatic carbocycles. The lowest BCUT2D eigenvalue weighted by atomic mass is 10.0. The number of rotatable bonds is 6. The first kappa shape index (κ1) is 14.2. The minimum absolute atomic E-state index is 0.143. The summed E-state index contributed by atoms with van der Waals surface area (Å²) in [4.78, 5) is 16.2. The molecule has 3 rings (SSSR count). The first-order chi connectivity index (χ1) is 10.2. The molecule has 7 heteroatoms. The van der Waals surface area contributed by atoms with Crippen LogP contribution < -0.4 is 10.6 Å². The second-order valence-electron chi connectivity index (χ2n) is 5.11. The van der Waals surface area contributed by atoms with Gasteiger partial charge in [0.25, 0.3) is 5.91 Å². The van der Waals surface area contributed by atoms with Crippen molar-refractivity contribution in [1.29, 1.82) is 0 Å². The molecule has 0 aromatic carbocycles. The van der Waals surface area contributed by atoms with Crippen molar-refractivity contribution in [2.24, 2.45) is 13.0 Å². The Bertz CT molecular complexity index is 618. The molecule has 0 radical (unpaired) electrons. The molecule has 2 aromatic heterocycles. The van der Waals surface area contributed by atoms with Gasteiger partial charge in [-0.1, -0.05) is 11.8 Å². The summed E-state index contributed by atoms with van der Waals surface area (Å²) in [6.45, 7) is 2.65. The third-order valence-electron chi connectivity index (χ3n) is 3.42. The minimum Gasteiger partial charge on any atom is -0.455 e. The van der Waals surface area contributed by atoms with Crippen LogP contribution in [-0.4, -0.2) is 35.1 Å². The van der Waals surface area contributed by atoms with Gasteiger partial charge < -0.3 is 19.6 Å². The van der Waals surface area contributed by atoms with Gasteiger partial charge >= 0.3 is 0 Å². The van der Waals surface area contributed by atoms with Gasteiger partial charge in [-0.05, 0) is 12.1 Å². The highest BCUT2D eigenvalue weighted by atomic mass is 32.2. The molecule has 1 aliphatic rings. The quantitative estimate of drug-likeness (QED) is 0.786. The fraction of sp³-hybridized carbons (Fsp3) is 0.429. The van der Waals surface area contributed by atoms with Gasteiger partial charge in [0.15, 0.2) is 10.9 Å². The van der Waals surface area contributed by atoms with Crippen molar-refractivity contribution in [2.75, 3.05) is 19.6 Å². The molecule has 0 unspecified atom stereocenters. The summed E-state index contributed by atoms with van der Waals surface area (Å²) in [7, 11) is 1.95. The van der Waals surface area contributed by atoms with E-state index >= 15 is 0 Å². The number of nitrogens with zero attached hydrogens (tertiary/aromatic N) is 2. The van der Waals surface area contributed by atoms with E-state index in [0.717, 1.165) is 24.0 Å². The molecule has 0 atom stereocenters. The number of furan rings is 1. The van der Waals surface area contributed by atoms with Crippen LogP contribution in [0.3, 0.4) is 0 Å². The van der Waals surface area contributed by atoms with E-state index in [9.17, 15) is 4.79 Å². The van der Waals surface area contributed by atoms with Gasteiger partial charge in [-0.2, -0.15) is 0 Å². The predicted molar refractivity (Wildman–Crippen MR) is 80.2 cm³/mol. The van der Waals surface area contributed by atoms with Crippen molar-refractivity contribution in [3.8, 4) is 0 Å². The molecule has 3 heterocycles. The second kappa shape index (κ2) is 6.36. The van der Waals surface area contributed by atoms with E-state index in [1.165, 1.54) is 0 Å². The van der Waals surface area contributed by atoms with E-state index in [0.29, 0.717) is 24.0 Å². The van der Waals surface area contributed by atoms with Crippen LogP contribution in [-0.2, 0) is 12.8 Å². The van der Waals surface area contributed by atoms with Crippen LogP contribution >= 0.6 is 11.8 Å². The van der Waals surface area contributed by atoms with Crippen LogP contribution in [0.15, 0.2) is 34.1 Å². The highest BCUT2D eigenvalue weighted by Gasteiger charge is 2.18. The number of thioether (sulfide) groups is 1. The van der Waals surface area contributed by atoms with Gasteiger partial charge in [0.2, 0.25) is 0 Å². The molecule has 2 aromatic rings. The normalized spacial score (nSPS) is 14.9. The lowest BCUT2D eigenvalue weighted by Crippen LogP contribution is -2.48. The summed E-state index contributed by atoms with van der Waals surface area (Å²) in [5, 5.41) is 7.00. The van der Waals surface area contributed by atoms with E-state index in [4.69, 9.17) is 4.42 Å². The van der Waals surface area contributed by atoms with Gasteiger partial charge in [0.1, 0.15) is 5.76 Å². The number of imidazole rings is 1. The van der Waals surface area contributed by atoms with Crippen LogP contribution in [0.2, 0.25) is 0 Å². The number of hydrogen-bond donors (Lipinski definition) is 2. The zero-order valence-electron chi connectivity index (χ0n) is 11.8. The van der Waals surface area contributed by atoms with Crippen LogP contribution in [0, 0.1) is 5.92 Å². The maximum atomic E-state index is 11.9. The second-order valence-corrected chi connectivity index (χ2v) is 6.05. The molecule has 0 spiro atoms. The summed E-state index contributed by atoms with van der Waals surface area (Å²) in [6, 6.07) is 3.57. The Labute approximate surface area is 127 Å². The number of hydrogen-bond acceptors (Lipinski definition) is 5. The van der Waals surface area contributed by atoms with E-state index in [1.807, 2.05) is 23.9 Å². The number of aryl methyl sites for hydroxylation is 1. The largest absolute Gasteiger partial charge is 0.455 e. The van der Waals surface area contributed by atoms with Crippen molar-refractivity contribution >= 4 is 17.7 Å². The number of aromatic nitrogens is 2. The summed E-state index contributed by atoms with van der Waals surface area (Å²) >= 11 is 1.58. The van der Waals surface area contributed by atoms with Crippen LogP contribution in [0.4, 0.5) is 0 Å². The monoisotopic (exact) mass is 306 g/mol. The Kier molecular flexibility index (Phi) is 4.31. The third kappa shape index (κ3) is 3.48. The Hall–Kier alpha value is -1.73. The summed E-state index contributed by atoms with van der Waals surface area (Å²) in [6.07, 6.45) is 3.66. The summed E-state index contributed by atoms with van der Waals surface area (Å²) < 4.78 is 7.53. The zero-order valence-corrected chi connectivity index (χ0v) is 12.7. The molecule has 1 fully saturated rings. The molecule has 6 nitrogen and oxygen atoms in total. The molecular weight excluding hydrogens is 288 g/mol. The maximum absolute atomic E-state index is 11.9. The van der Waals surface area contributed by atoms with Crippen LogP contribution in [0.5, 0.6) is 0 Å². The van der Waals surface area contributed by atoms with E-state index in [-0.39, 0.29) is 5.91 Å². The molecule has 112 valence electrons. The molecule has 0 saturated carbocycles. The predicted octanol–water partition coefficient (Wildman–Crippen LogP) is 1.25. The van der Waals surface area contributed by atoms with Gasteiger partial charge in [0, 0.05) is 45.0 Å². The van der Waals surface area contributed by atoms with E-state index in [1.54, 1.807) is 24.0 Å². The fourth-order valence-corrected chi connectivity index (χ4v) is 2.85. The molecular formula is C14H18N4O2S.